The predicted octanol–water partition coefficient (Wildman–Crippen LogP) is 3.63. The van der Waals surface area contributed by atoms with Crippen molar-refractivity contribution in [1.29, 1.82) is 0 Å². The Kier molecular flexibility index (Phi) is 6.59. The van der Waals surface area contributed by atoms with Gasteiger partial charge in [0.15, 0.2) is 0 Å². The molecule has 0 spiro atoms. The van der Waals surface area contributed by atoms with Gasteiger partial charge in [0.25, 0.3) is 11.8 Å². The quantitative estimate of drug-likeness (QED) is 0.536. The molecule has 2 heterocycles. The van der Waals surface area contributed by atoms with Gasteiger partial charge in [0, 0.05) is 57.1 Å². The van der Waals surface area contributed by atoms with E-state index >= 15 is 0 Å². The number of nitrogens with one attached hydrogen (secondary N) is 1. The van der Waals surface area contributed by atoms with Crippen molar-refractivity contribution in [3.8, 4) is 0 Å². The number of hydrogen-bond acceptors (Lipinski definition) is 5. The Labute approximate surface area is 204 Å². The Morgan fingerprint density at radius 3 is 1.97 bits per heavy atom. The van der Waals surface area contributed by atoms with Crippen LogP contribution in [-0.4, -0.2) is 60.2 Å². The monoisotopic (exact) mass is 468 g/mol. The van der Waals surface area contributed by atoms with Gasteiger partial charge in [0.2, 0.25) is 5.91 Å². The van der Waals surface area contributed by atoms with Gasteiger partial charge in [-0.15, -0.1) is 0 Å². The van der Waals surface area contributed by atoms with Crippen LogP contribution in [0.5, 0.6) is 0 Å². The van der Waals surface area contributed by atoms with Crippen molar-refractivity contribution < 1.29 is 14.4 Å². The van der Waals surface area contributed by atoms with Gasteiger partial charge in [-0.25, -0.2) is 0 Å². The molecule has 3 amide bonds. The number of fused-ring (bicyclic) bond motifs is 1. The van der Waals surface area contributed by atoms with Gasteiger partial charge in [-0.05, 0) is 42.0 Å². The molecule has 5 rings (SSSR count). The minimum Gasteiger partial charge on any atom is -0.369 e. The number of hydrogen-bond donors (Lipinski definition) is 1. The molecule has 3 aromatic carbocycles. The van der Waals surface area contributed by atoms with Gasteiger partial charge in [-0.1, -0.05) is 42.5 Å². The largest absolute Gasteiger partial charge is 0.369 e. The summed E-state index contributed by atoms with van der Waals surface area (Å²) in [6, 6.07) is 25.1. The summed E-state index contributed by atoms with van der Waals surface area (Å²) in [5.74, 6) is -0.915. The average Bonchev–Trinajstić information content (AvgIpc) is 3.14. The number of nitrogens with zero attached hydrogens (tertiary/aromatic N) is 3. The maximum Gasteiger partial charge on any atom is 0.261 e. The van der Waals surface area contributed by atoms with Gasteiger partial charge < -0.3 is 10.2 Å². The van der Waals surface area contributed by atoms with Crippen molar-refractivity contribution >= 4 is 29.1 Å². The fraction of sp³-hybridized carbons (Fsp3) is 0.250. The number of amides is 3. The van der Waals surface area contributed by atoms with E-state index in [1.165, 1.54) is 5.56 Å². The molecule has 1 saturated heterocycles. The molecule has 2 aliphatic heterocycles. The summed E-state index contributed by atoms with van der Waals surface area (Å²) in [5.41, 5.74) is 3.96. The zero-order valence-corrected chi connectivity index (χ0v) is 19.5. The van der Waals surface area contributed by atoms with Crippen LogP contribution in [0.15, 0.2) is 78.9 Å². The molecule has 0 aliphatic carbocycles. The van der Waals surface area contributed by atoms with Gasteiger partial charge in [-0.3, -0.25) is 24.2 Å². The van der Waals surface area contributed by atoms with Crippen molar-refractivity contribution in [2.24, 2.45) is 0 Å². The number of rotatable bonds is 7. The molecule has 2 aliphatic rings. The smallest absolute Gasteiger partial charge is 0.261 e. The van der Waals surface area contributed by atoms with Crippen LogP contribution < -0.4 is 10.2 Å². The molecule has 0 radical (unpaired) electrons. The van der Waals surface area contributed by atoms with E-state index in [0.717, 1.165) is 43.3 Å². The Hall–Kier alpha value is -3.97. The topological polar surface area (TPSA) is 73.0 Å². The van der Waals surface area contributed by atoms with Crippen molar-refractivity contribution in [2.45, 2.75) is 13.0 Å². The first kappa shape index (κ1) is 22.8. The number of imide groups is 1. The molecule has 0 atom stereocenters. The first-order valence-electron chi connectivity index (χ1n) is 11.9. The second-order valence-electron chi connectivity index (χ2n) is 8.90. The van der Waals surface area contributed by atoms with E-state index in [1.54, 1.807) is 24.3 Å². The molecule has 35 heavy (non-hydrogen) atoms. The number of anilines is 2. The zero-order chi connectivity index (χ0) is 24.2. The highest BCUT2D eigenvalue weighted by Crippen LogP contribution is 2.23. The highest BCUT2D eigenvalue weighted by molar-refractivity contribution is 6.21. The molecular formula is C28H28N4O3. The van der Waals surface area contributed by atoms with E-state index in [4.69, 9.17) is 0 Å². The van der Waals surface area contributed by atoms with E-state index in [2.05, 4.69) is 39.4 Å². The first-order chi connectivity index (χ1) is 17.1. The lowest BCUT2D eigenvalue weighted by atomic mass is 10.1. The summed E-state index contributed by atoms with van der Waals surface area (Å²) in [6.45, 7) is 4.96. The molecule has 178 valence electrons. The van der Waals surface area contributed by atoms with Crippen LogP contribution in [0.1, 0.15) is 32.7 Å². The van der Waals surface area contributed by atoms with Crippen LogP contribution in [-0.2, 0) is 11.3 Å². The summed E-state index contributed by atoms with van der Waals surface area (Å²) in [5, 5.41) is 2.87. The SMILES string of the molecule is O=C(CCN1C(=O)c2ccccc2C1=O)Nc1ccc(N2CCN(Cc3ccccc3)CC2)cc1. The Morgan fingerprint density at radius 1 is 0.743 bits per heavy atom. The maximum atomic E-state index is 12.5. The normalized spacial score (nSPS) is 15.9. The lowest BCUT2D eigenvalue weighted by molar-refractivity contribution is -0.116. The third kappa shape index (κ3) is 5.10. The van der Waals surface area contributed by atoms with Crippen molar-refractivity contribution in [3.05, 3.63) is 95.6 Å². The third-order valence-electron chi connectivity index (χ3n) is 6.58. The van der Waals surface area contributed by atoms with Gasteiger partial charge in [0.1, 0.15) is 0 Å². The number of piperazine rings is 1. The lowest BCUT2D eigenvalue weighted by Crippen LogP contribution is -2.45. The van der Waals surface area contributed by atoms with Crippen molar-refractivity contribution in [3.63, 3.8) is 0 Å². The predicted molar refractivity (Wildman–Crippen MR) is 135 cm³/mol. The molecule has 0 bridgehead atoms. The summed E-state index contributed by atoms with van der Waals surface area (Å²) in [7, 11) is 0. The third-order valence-corrected chi connectivity index (χ3v) is 6.58. The van der Waals surface area contributed by atoms with Crippen LogP contribution in [0.3, 0.4) is 0 Å². The van der Waals surface area contributed by atoms with E-state index in [9.17, 15) is 14.4 Å². The van der Waals surface area contributed by atoms with E-state index < -0.39 is 0 Å². The van der Waals surface area contributed by atoms with E-state index in [0.29, 0.717) is 16.8 Å². The summed E-state index contributed by atoms with van der Waals surface area (Å²) in [6.07, 6.45) is 0.0522. The van der Waals surface area contributed by atoms with Crippen LogP contribution >= 0.6 is 0 Å². The maximum absolute atomic E-state index is 12.5. The van der Waals surface area contributed by atoms with E-state index in [1.807, 2.05) is 30.3 Å². The van der Waals surface area contributed by atoms with Crippen molar-refractivity contribution in [2.75, 3.05) is 42.9 Å². The second-order valence-corrected chi connectivity index (χ2v) is 8.90. The average molecular weight is 469 g/mol. The summed E-state index contributed by atoms with van der Waals surface area (Å²) in [4.78, 5) is 43.3. The van der Waals surface area contributed by atoms with Crippen LogP contribution in [0, 0.1) is 0 Å². The number of carbonyl (C=O) groups is 3. The fourth-order valence-corrected chi connectivity index (χ4v) is 4.64. The lowest BCUT2D eigenvalue weighted by Gasteiger charge is -2.36. The molecule has 7 heteroatoms. The molecule has 0 unspecified atom stereocenters. The highest BCUT2D eigenvalue weighted by atomic mass is 16.2. The molecule has 3 aromatic rings. The minimum atomic E-state index is -0.341. The second kappa shape index (κ2) is 10.1. The molecule has 0 aromatic heterocycles. The van der Waals surface area contributed by atoms with Gasteiger partial charge in [0.05, 0.1) is 11.1 Å². The molecule has 1 fully saturated rings. The molecule has 0 saturated carbocycles. The Bertz CT molecular complexity index is 1180. The summed E-state index contributed by atoms with van der Waals surface area (Å²) < 4.78 is 0. The Morgan fingerprint density at radius 2 is 1.34 bits per heavy atom. The van der Waals surface area contributed by atoms with Crippen molar-refractivity contribution in [1.82, 2.24) is 9.80 Å². The zero-order valence-electron chi connectivity index (χ0n) is 19.5. The first-order valence-corrected chi connectivity index (χ1v) is 11.9. The number of benzene rings is 3. The number of carbonyl (C=O) groups excluding carboxylic acids is 3. The van der Waals surface area contributed by atoms with Crippen LogP contribution in [0.2, 0.25) is 0 Å². The van der Waals surface area contributed by atoms with Gasteiger partial charge in [-0.2, -0.15) is 0 Å². The minimum absolute atomic E-state index is 0.0522. The molecular weight excluding hydrogens is 440 g/mol. The van der Waals surface area contributed by atoms with E-state index in [-0.39, 0.29) is 30.7 Å². The standard InChI is InChI=1S/C28H28N4O3/c33-26(14-15-32-27(34)24-8-4-5-9-25(24)28(32)35)29-22-10-12-23(13-11-22)31-18-16-30(17-19-31)20-21-6-2-1-3-7-21/h1-13H,14-20H2,(H,29,33). The molecule has 1 N–H and O–H groups in total. The Balaban J connectivity index is 1.09. The van der Waals surface area contributed by atoms with Gasteiger partial charge >= 0.3 is 0 Å². The fourth-order valence-electron chi connectivity index (χ4n) is 4.64. The summed E-state index contributed by atoms with van der Waals surface area (Å²) >= 11 is 0. The van der Waals surface area contributed by atoms with Crippen LogP contribution in [0.4, 0.5) is 11.4 Å². The highest BCUT2D eigenvalue weighted by Gasteiger charge is 2.34. The van der Waals surface area contributed by atoms with Crippen LogP contribution in [0.25, 0.3) is 0 Å². The molecule has 7 nitrogen and oxygen atoms in total.